The van der Waals surface area contributed by atoms with Gasteiger partial charge in [-0.1, -0.05) is 12.1 Å². The molecule has 1 atom stereocenters. The Bertz CT molecular complexity index is 1250. The van der Waals surface area contributed by atoms with E-state index in [1.807, 2.05) is 0 Å². The van der Waals surface area contributed by atoms with E-state index in [1.165, 1.54) is 10.7 Å². The number of hydrogen-bond acceptors (Lipinski definition) is 8. The Kier molecular flexibility index (Phi) is 6.55. The van der Waals surface area contributed by atoms with Crippen molar-refractivity contribution in [1.82, 2.24) is 14.8 Å². The molecule has 11 nitrogen and oxygen atoms in total. The van der Waals surface area contributed by atoms with Crippen molar-refractivity contribution < 1.29 is 19.6 Å². The van der Waals surface area contributed by atoms with Crippen molar-refractivity contribution in [2.45, 2.75) is 25.8 Å². The maximum atomic E-state index is 13.5. The van der Waals surface area contributed by atoms with Crippen LogP contribution in [0.15, 0.2) is 59.8 Å². The normalized spacial score (nSPS) is 14.9. The maximum Gasteiger partial charge on any atom is 0.275 e. The van der Waals surface area contributed by atoms with Gasteiger partial charge in [-0.2, -0.15) is 10.1 Å². The number of rotatable bonds is 8. The third-order valence-corrected chi connectivity index (χ3v) is 5.48. The van der Waals surface area contributed by atoms with E-state index in [9.17, 15) is 14.9 Å². The molecule has 1 aliphatic rings. The second kappa shape index (κ2) is 9.71. The number of allylic oxidation sites excluding steroid dienone is 1. The molecule has 3 aromatic rings. The van der Waals surface area contributed by atoms with Gasteiger partial charge in [0.05, 0.1) is 23.2 Å². The van der Waals surface area contributed by atoms with Gasteiger partial charge in [0.15, 0.2) is 5.82 Å². The van der Waals surface area contributed by atoms with Crippen LogP contribution < -0.4 is 15.4 Å². The predicted molar refractivity (Wildman–Crippen MR) is 125 cm³/mol. The zero-order chi connectivity index (χ0) is 24.2. The molecule has 3 N–H and O–H groups in total. The number of fused-ring (bicyclic) bond motifs is 1. The van der Waals surface area contributed by atoms with Crippen LogP contribution in [0.5, 0.6) is 5.75 Å². The first kappa shape index (κ1) is 22.9. The topological polar surface area (TPSA) is 144 Å². The first-order valence-corrected chi connectivity index (χ1v) is 10.7. The molecule has 0 aliphatic carbocycles. The van der Waals surface area contributed by atoms with E-state index in [0.717, 1.165) is 0 Å². The van der Waals surface area contributed by atoms with Crippen molar-refractivity contribution in [3.63, 3.8) is 0 Å². The highest BCUT2D eigenvalue weighted by Gasteiger charge is 2.37. The van der Waals surface area contributed by atoms with E-state index in [0.29, 0.717) is 47.3 Å². The Balaban J connectivity index is 1.79. The molecule has 0 fully saturated rings. The van der Waals surface area contributed by atoms with E-state index >= 15 is 0 Å². The number of amides is 1. The first-order chi connectivity index (χ1) is 16.4. The van der Waals surface area contributed by atoms with Crippen LogP contribution in [0.4, 0.5) is 17.3 Å². The van der Waals surface area contributed by atoms with Gasteiger partial charge in [0.25, 0.3) is 11.6 Å². The van der Waals surface area contributed by atoms with Crippen LogP contribution in [-0.4, -0.2) is 44.4 Å². The molecule has 0 radical (unpaired) electrons. The molecule has 0 bridgehead atoms. The summed E-state index contributed by atoms with van der Waals surface area (Å²) in [4.78, 5) is 29.3. The number of nitrogens with zero attached hydrogens (tertiary/aromatic N) is 4. The van der Waals surface area contributed by atoms with Gasteiger partial charge in [-0.25, -0.2) is 4.68 Å². The molecule has 4 rings (SSSR count). The van der Waals surface area contributed by atoms with Gasteiger partial charge in [0.2, 0.25) is 5.95 Å². The lowest BCUT2D eigenvalue weighted by atomic mass is 9.93. The highest BCUT2D eigenvalue weighted by atomic mass is 16.6. The molecule has 0 saturated heterocycles. The zero-order valence-corrected chi connectivity index (χ0v) is 18.7. The standard InChI is InChI=1S/C23H24N6O5/c1-14-20(22(31)25-15-9-11-16(34-2)12-10-15)21(17-6-3-4-7-18(17)29(32)33)28-23(24-14)26-19(27-28)8-5-13-30/h3-4,6-7,9-12,21,30H,5,8,13H2,1-2H3,(H,25,31)(H,24,26,27)/t21-/m1/s1. The number of methoxy groups -OCH3 is 1. The highest BCUT2D eigenvalue weighted by Crippen LogP contribution is 2.39. The quantitative estimate of drug-likeness (QED) is 0.341. The number of aromatic nitrogens is 3. The smallest absolute Gasteiger partial charge is 0.275 e. The Morgan fingerprint density at radius 2 is 2.00 bits per heavy atom. The predicted octanol–water partition coefficient (Wildman–Crippen LogP) is 3.05. The van der Waals surface area contributed by atoms with Crippen LogP contribution >= 0.6 is 0 Å². The number of aliphatic hydroxyl groups is 1. The second-order valence-electron chi connectivity index (χ2n) is 7.69. The number of aliphatic hydroxyl groups excluding tert-OH is 1. The summed E-state index contributed by atoms with van der Waals surface area (Å²) in [6, 6.07) is 12.2. The average Bonchev–Trinajstić information content (AvgIpc) is 3.24. The molecule has 176 valence electrons. The number of hydrogen-bond donors (Lipinski definition) is 3. The number of aryl methyl sites for hydroxylation is 1. The SMILES string of the molecule is COc1ccc(NC(=O)C2=C(C)Nc3nc(CCCO)nn3[C@@H]2c2ccccc2[N+](=O)[O-])cc1. The lowest BCUT2D eigenvalue weighted by Crippen LogP contribution is -2.32. The van der Waals surface area contributed by atoms with Crippen molar-refractivity contribution in [2.24, 2.45) is 0 Å². The molecular formula is C23H24N6O5. The van der Waals surface area contributed by atoms with Crippen molar-refractivity contribution in [3.8, 4) is 5.75 Å². The fraction of sp³-hybridized carbons (Fsp3) is 0.261. The summed E-state index contributed by atoms with van der Waals surface area (Å²) in [7, 11) is 1.55. The van der Waals surface area contributed by atoms with Crippen LogP contribution in [0.25, 0.3) is 0 Å². The summed E-state index contributed by atoms with van der Waals surface area (Å²) >= 11 is 0. The van der Waals surface area contributed by atoms with E-state index < -0.39 is 16.9 Å². The number of nitro benzene ring substituents is 1. The number of nitro groups is 1. The Morgan fingerprint density at radius 1 is 1.26 bits per heavy atom. The molecule has 1 amide bonds. The molecule has 1 aromatic heterocycles. The number of nitrogens with one attached hydrogen (secondary N) is 2. The van der Waals surface area contributed by atoms with Crippen molar-refractivity contribution >= 4 is 23.2 Å². The molecule has 0 spiro atoms. The van der Waals surface area contributed by atoms with Gasteiger partial charge in [0.1, 0.15) is 11.8 Å². The first-order valence-electron chi connectivity index (χ1n) is 10.7. The molecule has 1 aliphatic heterocycles. The van der Waals surface area contributed by atoms with Crippen molar-refractivity contribution in [1.29, 1.82) is 0 Å². The van der Waals surface area contributed by atoms with Gasteiger partial charge in [0, 0.05) is 30.5 Å². The van der Waals surface area contributed by atoms with Crippen molar-refractivity contribution in [2.75, 3.05) is 24.4 Å². The van der Waals surface area contributed by atoms with E-state index in [4.69, 9.17) is 9.84 Å². The molecule has 0 unspecified atom stereocenters. The Morgan fingerprint density at radius 3 is 2.68 bits per heavy atom. The lowest BCUT2D eigenvalue weighted by Gasteiger charge is -2.28. The summed E-state index contributed by atoms with van der Waals surface area (Å²) in [5.41, 5.74) is 1.50. The van der Waals surface area contributed by atoms with Gasteiger partial charge >= 0.3 is 0 Å². The summed E-state index contributed by atoms with van der Waals surface area (Å²) in [6.45, 7) is 1.70. The van der Waals surface area contributed by atoms with Crippen LogP contribution in [-0.2, 0) is 11.2 Å². The highest BCUT2D eigenvalue weighted by molar-refractivity contribution is 6.06. The summed E-state index contributed by atoms with van der Waals surface area (Å²) < 4.78 is 6.65. The number of ether oxygens (including phenoxy) is 1. The number of anilines is 2. The van der Waals surface area contributed by atoms with E-state index in [2.05, 4.69) is 20.7 Å². The van der Waals surface area contributed by atoms with Gasteiger partial charge in [-0.3, -0.25) is 14.9 Å². The third kappa shape index (κ3) is 4.46. The van der Waals surface area contributed by atoms with E-state index in [1.54, 1.807) is 56.5 Å². The van der Waals surface area contributed by atoms with Gasteiger partial charge in [-0.05, 0) is 43.7 Å². The number of benzene rings is 2. The molecule has 34 heavy (non-hydrogen) atoms. The Labute approximate surface area is 195 Å². The minimum Gasteiger partial charge on any atom is -0.497 e. The molecule has 2 heterocycles. The van der Waals surface area contributed by atoms with E-state index in [-0.39, 0.29) is 17.9 Å². The molecule has 2 aromatic carbocycles. The van der Waals surface area contributed by atoms with Crippen LogP contribution in [0.2, 0.25) is 0 Å². The average molecular weight is 464 g/mol. The number of para-hydroxylation sites is 1. The van der Waals surface area contributed by atoms with Crippen LogP contribution in [0.3, 0.4) is 0 Å². The molecule has 0 saturated carbocycles. The third-order valence-electron chi connectivity index (χ3n) is 5.48. The monoisotopic (exact) mass is 464 g/mol. The number of carbonyl (C=O) groups excluding carboxylic acids is 1. The summed E-state index contributed by atoms with van der Waals surface area (Å²) in [5.74, 6) is 1.05. The van der Waals surface area contributed by atoms with Gasteiger partial charge in [-0.15, -0.1) is 0 Å². The van der Waals surface area contributed by atoms with Gasteiger partial charge < -0.3 is 20.5 Å². The fourth-order valence-electron chi connectivity index (χ4n) is 3.88. The minimum atomic E-state index is -0.883. The fourth-order valence-corrected chi connectivity index (χ4v) is 3.88. The molecule has 11 heteroatoms. The number of carbonyl (C=O) groups is 1. The maximum absolute atomic E-state index is 13.5. The summed E-state index contributed by atoms with van der Waals surface area (Å²) in [6.07, 6.45) is 0.894. The Hall–Kier alpha value is -4.25. The second-order valence-corrected chi connectivity index (χ2v) is 7.69. The molecular weight excluding hydrogens is 440 g/mol. The summed E-state index contributed by atoms with van der Waals surface area (Å²) in [5, 5.41) is 31.5. The lowest BCUT2D eigenvalue weighted by molar-refractivity contribution is -0.385. The minimum absolute atomic E-state index is 0.0162. The van der Waals surface area contributed by atoms with Crippen LogP contribution in [0, 0.1) is 10.1 Å². The zero-order valence-electron chi connectivity index (χ0n) is 18.7. The van der Waals surface area contributed by atoms with Crippen molar-refractivity contribution in [3.05, 3.63) is 81.3 Å². The largest absolute Gasteiger partial charge is 0.497 e. The van der Waals surface area contributed by atoms with Crippen LogP contribution in [0.1, 0.15) is 30.8 Å².